The van der Waals surface area contributed by atoms with E-state index in [0.717, 1.165) is 16.8 Å². The quantitative estimate of drug-likeness (QED) is 0.787. The maximum atomic E-state index is 12.3. The normalized spacial score (nSPS) is 10.9. The molecule has 0 saturated heterocycles. The highest BCUT2D eigenvalue weighted by Crippen LogP contribution is 2.22. The molecule has 0 aliphatic carbocycles. The van der Waals surface area contributed by atoms with Gasteiger partial charge in [0.1, 0.15) is 5.76 Å². The predicted octanol–water partition coefficient (Wildman–Crippen LogP) is 3.96. The van der Waals surface area contributed by atoms with E-state index < -0.39 is 0 Å². The third-order valence-corrected chi connectivity index (χ3v) is 3.17. The number of nitrogens with zero attached hydrogens (tertiary/aromatic N) is 1. The fourth-order valence-corrected chi connectivity index (χ4v) is 2.08. The van der Waals surface area contributed by atoms with Gasteiger partial charge in [0.2, 0.25) is 0 Å². The van der Waals surface area contributed by atoms with Crippen LogP contribution in [0, 0.1) is 13.8 Å². The van der Waals surface area contributed by atoms with E-state index in [1.165, 1.54) is 0 Å². The third-order valence-electron chi connectivity index (χ3n) is 3.17. The number of hydrogen-bond acceptors (Lipinski definition) is 2. The molecule has 0 unspecified atom stereocenters. The summed E-state index contributed by atoms with van der Waals surface area (Å²) < 4.78 is 5.19. The zero-order chi connectivity index (χ0) is 14.5. The van der Waals surface area contributed by atoms with Crippen molar-refractivity contribution < 1.29 is 9.21 Å². The van der Waals surface area contributed by atoms with Crippen molar-refractivity contribution in [3.63, 3.8) is 0 Å². The number of furan rings is 1. The van der Waals surface area contributed by atoms with E-state index in [0.29, 0.717) is 12.3 Å². The first-order valence-corrected chi connectivity index (χ1v) is 6.72. The van der Waals surface area contributed by atoms with Crippen molar-refractivity contribution >= 4 is 17.7 Å². The van der Waals surface area contributed by atoms with Crippen molar-refractivity contribution in [3.05, 3.63) is 59.6 Å². The maximum absolute atomic E-state index is 12.3. The van der Waals surface area contributed by atoms with Gasteiger partial charge in [-0.1, -0.05) is 12.1 Å². The minimum absolute atomic E-state index is 0.0439. The van der Waals surface area contributed by atoms with Gasteiger partial charge in [0.15, 0.2) is 0 Å². The number of benzene rings is 1. The second-order valence-corrected chi connectivity index (χ2v) is 4.72. The summed E-state index contributed by atoms with van der Waals surface area (Å²) in [5.74, 6) is 0.632. The Morgan fingerprint density at radius 2 is 2.10 bits per heavy atom. The lowest BCUT2D eigenvalue weighted by molar-refractivity contribution is -0.114. The van der Waals surface area contributed by atoms with Crippen LogP contribution in [0.25, 0.3) is 6.08 Å². The fraction of sp³-hybridized carbons (Fsp3) is 0.235. The zero-order valence-electron chi connectivity index (χ0n) is 12.1. The van der Waals surface area contributed by atoms with Crippen LogP contribution in [-0.2, 0) is 4.79 Å². The molecule has 0 fully saturated rings. The number of carbonyl (C=O) groups excluding carboxylic acids is 1. The number of carbonyl (C=O) groups is 1. The summed E-state index contributed by atoms with van der Waals surface area (Å²) in [6.07, 6.45) is 4.83. The molecule has 3 nitrogen and oxygen atoms in total. The van der Waals surface area contributed by atoms with Gasteiger partial charge in [-0.2, -0.15) is 0 Å². The standard InChI is InChI=1S/C17H19NO2/c1-4-18(16-12-13(2)7-8-14(16)3)17(19)10-9-15-6-5-11-20-15/h5-12H,4H2,1-3H3. The Kier molecular flexibility index (Phi) is 4.41. The molecule has 104 valence electrons. The molecule has 0 spiro atoms. The van der Waals surface area contributed by atoms with Crippen molar-refractivity contribution in [2.24, 2.45) is 0 Å². The van der Waals surface area contributed by atoms with Gasteiger partial charge in [0.05, 0.1) is 6.26 Å². The Hall–Kier alpha value is -2.29. The topological polar surface area (TPSA) is 33.5 Å². The summed E-state index contributed by atoms with van der Waals surface area (Å²) in [5, 5.41) is 0. The van der Waals surface area contributed by atoms with Crippen molar-refractivity contribution in [1.82, 2.24) is 0 Å². The smallest absolute Gasteiger partial charge is 0.251 e. The Morgan fingerprint density at radius 1 is 1.30 bits per heavy atom. The molecule has 0 aliphatic heterocycles. The van der Waals surface area contributed by atoms with Crippen molar-refractivity contribution in [2.45, 2.75) is 20.8 Å². The molecule has 0 N–H and O–H groups in total. The van der Waals surface area contributed by atoms with E-state index in [9.17, 15) is 4.79 Å². The van der Waals surface area contributed by atoms with Crippen LogP contribution in [0.2, 0.25) is 0 Å². The molecule has 0 radical (unpaired) electrons. The second-order valence-electron chi connectivity index (χ2n) is 4.72. The van der Waals surface area contributed by atoms with Crippen LogP contribution in [0.4, 0.5) is 5.69 Å². The van der Waals surface area contributed by atoms with E-state index in [-0.39, 0.29) is 5.91 Å². The Bertz CT molecular complexity index is 612. The number of hydrogen-bond donors (Lipinski definition) is 0. The predicted molar refractivity (Wildman–Crippen MR) is 81.7 cm³/mol. The molecule has 1 amide bonds. The van der Waals surface area contributed by atoms with E-state index in [1.54, 1.807) is 29.4 Å². The summed E-state index contributed by atoms with van der Waals surface area (Å²) in [7, 11) is 0. The molecule has 1 aromatic heterocycles. The fourth-order valence-electron chi connectivity index (χ4n) is 2.08. The lowest BCUT2D eigenvalue weighted by atomic mass is 10.1. The van der Waals surface area contributed by atoms with Crippen LogP contribution in [-0.4, -0.2) is 12.5 Å². The molecular weight excluding hydrogens is 250 g/mol. The van der Waals surface area contributed by atoms with E-state index >= 15 is 0 Å². The van der Waals surface area contributed by atoms with Crippen molar-refractivity contribution in [3.8, 4) is 0 Å². The molecular formula is C17H19NO2. The maximum Gasteiger partial charge on any atom is 0.251 e. The van der Waals surface area contributed by atoms with Crippen LogP contribution in [0.1, 0.15) is 23.8 Å². The molecule has 0 saturated carbocycles. The van der Waals surface area contributed by atoms with Gasteiger partial charge in [-0.25, -0.2) is 0 Å². The first-order chi connectivity index (χ1) is 9.61. The average Bonchev–Trinajstić information content (AvgIpc) is 2.94. The SMILES string of the molecule is CCN(C(=O)C=Cc1ccco1)c1cc(C)ccc1C. The van der Waals surface area contributed by atoms with Crippen LogP contribution in [0.3, 0.4) is 0 Å². The number of rotatable bonds is 4. The number of amides is 1. The van der Waals surface area contributed by atoms with Gasteiger partial charge in [-0.15, -0.1) is 0 Å². The first kappa shape index (κ1) is 14.1. The Morgan fingerprint density at radius 3 is 2.75 bits per heavy atom. The summed E-state index contributed by atoms with van der Waals surface area (Å²) in [4.78, 5) is 14.1. The number of anilines is 1. The highest BCUT2D eigenvalue weighted by Gasteiger charge is 2.13. The van der Waals surface area contributed by atoms with Crippen LogP contribution in [0.15, 0.2) is 47.1 Å². The Balaban J connectivity index is 2.23. The van der Waals surface area contributed by atoms with Gasteiger partial charge in [0, 0.05) is 18.3 Å². The molecule has 0 bridgehead atoms. The van der Waals surface area contributed by atoms with Gasteiger partial charge < -0.3 is 9.32 Å². The molecule has 3 heteroatoms. The third kappa shape index (κ3) is 3.18. The van der Waals surface area contributed by atoms with E-state index in [2.05, 4.69) is 6.07 Å². The molecule has 0 aliphatic rings. The van der Waals surface area contributed by atoms with E-state index in [4.69, 9.17) is 4.42 Å². The summed E-state index contributed by atoms with van der Waals surface area (Å²) >= 11 is 0. The highest BCUT2D eigenvalue weighted by molar-refractivity contribution is 6.04. The Labute approximate surface area is 119 Å². The molecule has 1 aromatic carbocycles. The van der Waals surface area contributed by atoms with Gasteiger partial charge in [-0.3, -0.25) is 4.79 Å². The van der Waals surface area contributed by atoms with Crippen LogP contribution in [0.5, 0.6) is 0 Å². The largest absolute Gasteiger partial charge is 0.465 e. The average molecular weight is 269 g/mol. The van der Waals surface area contributed by atoms with Crippen molar-refractivity contribution in [1.29, 1.82) is 0 Å². The number of likely N-dealkylation sites (N-methyl/N-ethyl adjacent to an activating group) is 1. The summed E-state index contributed by atoms with van der Waals surface area (Å²) in [5.41, 5.74) is 3.20. The number of aryl methyl sites for hydroxylation is 2. The monoisotopic (exact) mass is 269 g/mol. The van der Waals surface area contributed by atoms with Gasteiger partial charge in [-0.05, 0) is 56.2 Å². The summed E-state index contributed by atoms with van der Waals surface area (Å²) in [6.45, 7) is 6.65. The second kappa shape index (κ2) is 6.24. The lowest BCUT2D eigenvalue weighted by Crippen LogP contribution is -2.29. The molecule has 1 heterocycles. The minimum atomic E-state index is -0.0439. The van der Waals surface area contributed by atoms with Crippen LogP contribution >= 0.6 is 0 Å². The first-order valence-electron chi connectivity index (χ1n) is 6.72. The van der Waals surface area contributed by atoms with Gasteiger partial charge >= 0.3 is 0 Å². The molecule has 2 rings (SSSR count). The van der Waals surface area contributed by atoms with Crippen molar-refractivity contribution in [2.75, 3.05) is 11.4 Å². The highest BCUT2D eigenvalue weighted by atomic mass is 16.3. The molecule has 0 atom stereocenters. The zero-order valence-corrected chi connectivity index (χ0v) is 12.1. The van der Waals surface area contributed by atoms with Crippen LogP contribution < -0.4 is 4.90 Å². The summed E-state index contributed by atoms with van der Waals surface area (Å²) in [6, 6.07) is 9.74. The molecule has 20 heavy (non-hydrogen) atoms. The lowest BCUT2D eigenvalue weighted by Gasteiger charge is -2.22. The minimum Gasteiger partial charge on any atom is -0.465 e. The molecule has 2 aromatic rings. The van der Waals surface area contributed by atoms with E-state index in [1.807, 2.05) is 39.0 Å². The van der Waals surface area contributed by atoms with Gasteiger partial charge in [0.25, 0.3) is 5.91 Å².